The van der Waals surface area contributed by atoms with E-state index in [1.165, 1.54) is 0 Å². The predicted molar refractivity (Wildman–Crippen MR) is 101 cm³/mol. The third-order valence-corrected chi connectivity index (χ3v) is 5.17. The predicted octanol–water partition coefficient (Wildman–Crippen LogP) is 3.40. The molecule has 1 heterocycles. The summed E-state index contributed by atoms with van der Waals surface area (Å²) < 4.78 is 0. The third-order valence-electron chi connectivity index (χ3n) is 4.43. The van der Waals surface area contributed by atoms with E-state index in [2.05, 4.69) is 0 Å². The molecular formula is C20H22N2O2S. The highest BCUT2D eigenvalue weighted by Gasteiger charge is 2.23. The SMILES string of the molecule is CSc1ccc(C(=O)N2CCCN(C(=O)c3ccccc3)CC2)cc1. The average Bonchev–Trinajstić information content (AvgIpc) is 2.94. The first-order valence-electron chi connectivity index (χ1n) is 8.46. The molecule has 0 N–H and O–H groups in total. The Balaban J connectivity index is 1.64. The van der Waals surface area contributed by atoms with E-state index in [0.29, 0.717) is 37.3 Å². The standard InChI is InChI=1S/C20H22N2O2S/c1-25-18-10-8-17(9-11-18)20(24)22-13-5-12-21(14-15-22)19(23)16-6-3-2-4-7-16/h2-4,6-11H,5,12-15H2,1H3. The van der Waals surface area contributed by atoms with Crippen LogP contribution in [0.3, 0.4) is 0 Å². The summed E-state index contributed by atoms with van der Waals surface area (Å²) in [5.41, 5.74) is 1.41. The van der Waals surface area contributed by atoms with Crippen LogP contribution in [0.25, 0.3) is 0 Å². The largest absolute Gasteiger partial charge is 0.337 e. The van der Waals surface area contributed by atoms with Crippen LogP contribution in [-0.2, 0) is 0 Å². The number of hydrogen-bond donors (Lipinski definition) is 0. The van der Waals surface area contributed by atoms with Gasteiger partial charge in [-0.15, -0.1) is 11.8 Å². The van der Waals surface area contributed by atoms with Crippen LogP contribution in [0, 0.1) is 0 Å². The van der Waals surface area contributed by atoms with E-state index >= 15 is 0 Å². The van der Waals surface area contributed by atoms with Crippen LogP contribution in [0.4, 0.5) is 0 Å². The molecule has 0 unspecified atom stereocenters. The number of nitrogens with zero attached hydrogens (tertiary/aromatic N) is 2. The zero-order valence-corrected chi connectivity index (χ0v) is 15.2. The maximum absolute atomic E-state index is 12.7. The molecule has 25 heavy (non-hydrogen) atoms. The smallest absolute Gasteiger partial charge is 0.253 e. The van der Waals surface area contributed by atoms with E-state index in [0.717, 1.165) is 11.3 Å². The van der Waals surface area contributed by atoms with Crippen molar-refractivity contribution < 1.29 is 9.59 Å². The molecule has 1 aliphatic rings. The van der Waals surface area contributed by atoms with E-state index in [9.17, 15) is 9.59 Å². The first-order valence-corrected chi connectivity index (χ1v) is 9.69. The van der Waals surface area contributed by atoms with Crippen molar-refractivity contribution in [3.8, 4) is 0 Å². The van der Waals surface area contributed by atoms with E-state index in [1.807, 2.05) is 70.7 Å². The van der Waals surface area contributed by atoms with Crippen LogP contribution in [0.1, 0.15) is 27.1 Å². The second kappa shape index (κ2) is 8.21. The van der Waals surface area contributed by atoms with Crippen LogP contribution < -0.4 is 0 Å². The van der Waals surface area contributed by atoms with Crippen molar-refractivity contribution in [1.82, 2.24) is 9.80 Å². The van der Waals surface area contributed by atoms with Gasteiger partial charge in [-0.3, -0.25) is 9.59 Å². The fourth-order valence-electron chi connectivity index (χ4n) is 3.00. The van der Waals surface area contributed by atoms with Crippen molar-refractivity contribution in [2.45, 2.75) is 11.3 Å². The molecule has 0 bridgehead atoms. The summed E-state index contributed by atoms with van der Waals surface area (Å²) in [7, 11) is 0. The van der Waals surface area contributed by atoms with Crippen molar-refractivity contribution in [3.63, 3.8) is 0 Å². The van der Waals surface area contributed by atoms with Crippen molar-refractivity contribution >= 4 is 23.6 Å². The van der Waals surface area contributed by atoms with E-state index in [-0.39, 0.29) is 11.8 Å². The summed E-state index contributed by atoms with van der Waals surface area (Å²) in [6.07, 6.45) is 2.82. The molecule has 1 fully saturated rings. The summed E-state index contributed by atoms with van der Waals surface area (Å²) in [4.78, 5) is 30.1. The molecule has 0 aromatic heterocycles. The molecule has 0 radical (unpaired) electrons. The van der Waals surface area contributed by atoms with Crippen molar-refractivity contribution in [3.05, 3.63) is 65.7 Å². The van der Waals surface area contributed by atoms with Gasteiger partial charge >= 0.3 is 0 Å². The Hall–Kier alpha value is -2.27. The highest BCUT2D eigenvalue weighted by atomic mass is 32.2. The second-order valence-corrected chi connectivity index (χ2v) is 6.91. The number of carbonyl (C=O) groups is 2. The minimum absolute atomic E-state index is 0.0409. The molecule has 0 spiro atoms. The minimum Gasteiger partial charge on any atom is -0.337 e. The van der Waals surface area contributed by atoms with Gasteiger partial charge in [0, 0.05) is 42.2 Å². The Morgan fingerprint density at radius 1 is 0.760 bits per heavy atom. The fourth-order valence-corrected chi connectivity index (χ4v) is 3.41. The first-order chi connectivity index (χ1) is 12.2. The van der Waals surface area contributed by atoms with Crippen LogP contribution in [0.2, 0.25) is 0 Å². The van der Waals surface area contributed by atoms with Crippen LogP contribution in [0.15, 0.2) is 59.5 Å². The van der Waals surface area contributed by atoms with Crippen molar-refractivity contribution in [1.29, 1.82) is 0 Å². The molecule has 4 nitrogen and oxygen atoms in total. The van der Waals surface area contributed by atoms with Gasteiger partial charge in [-0.1, -0.05) is 18.2 Å². The Bertz CT molecular complexity index is 731. The summed E-state index contributed by atoms with van der Waals surface area (Å²) in [6.45, 7) is 2.51. The van der Waals surface area contributed by atoms with Gasteiger partial charge in [0.1, 0.15) is 0 Å². The normalized spacial score (nSPS) is 14.9. The fraction of sp³-hybridized carbons (Fsp3) is 0.300. The zero-order chi connectivity index (χ0) is 17.6. The van der Waals surface area contributed by atoms with Crippen LogP contribution >= 0.6 is 11.8 Å². The first kappa shape index (κ1) is 17.5. The molecule has 130 valence electrons. The maximum atomic E-state index is 12.7. The minimum atomic E-state index is 0.0409. The summed E-state index contributed by atoms with van der Waals surface area (Å²) in [5, 5.41) is 0. The van der Waals surface area contributed by atoms with Gasteiger partial charge in [0.2, 0.25) is 0 Å². The lowest BCUT2D eigenvalue weighted by atomic mass is 10.2. The van der Waals surface area contributed by atoms with Crippen molar-refractivity contribution in [2.75, 3.05) is 32.4 Å². The van der Waals surface area contributed by atoms with Gasteiger partial charge in [0.25, 0.3) is 11.8 Å². The Morgan fingerprint density at radius 2 is 1.28 bits per heavy atom. The number of carbonyl (C=O) groups excluding carboxylic acids is 2. The number of amides is 2. The molecule has 2 aromatic carbocycles. The molecule has 1 saturated heterocycles. The number of benzene rings is 2. The van der Waals surface area contributed by atoms with Gasteiger partial charge in [-0.05, 0) is 49.1 Å². The summed E-state index contributed by atoms with van der Waals surface area (Å²) in [6, 6.07) is 17.0. The highest BCUT2D eigenvalue weighted by molar-refractivity contribution is 7.98. The Morgan fingerprint density at radius 3 is 1.80 bits per heavy atom. The van der Waals surface area contributed by atoms with Crippen molar-refractivity contribution in [2.24, 2.45) is 0 Å². The average molecular weight is 354 g/mol. The lowest BCUT2D eigenvalue weighted by Gasteiger charge is -2.22. The quantitative estimate of drug-likeness (QED) is 0.793. The molecule has 3 rings (SSSR count). The topological polar surface area (TPSA) is 40.6 Å². The number of hydrogen-bond acceptors (Lipinski definition) is 3. The van der Waals surface area contributed by atoms with Gasteiger partial charge in [0.05, 0.1) is 0 Å². The lowest BCUT2D eigenvalue weighted by Crippen LogP contribution is -2.37. The molecule has 0 aliphatic carbocycles. The van der Waals surface area contributed by atoms with Gasteiger partial charge in [0.15, 0.2) is 0 Å². The number of rotatable bonds is 3. The molecule has 2 aromatic rings. The van der Waals surface area contributed by atoms with E-state index in [1.54, 1.807) is 11.8 Å². The monoisotopic (exact) mass is 354 g/mol. The maximum Gasteiger partial charge on any atom is 0.253 e. The lowest BCUT2D eigenvalue weighted by molar-refractivity contribution is 0.0718. The van der Waals surface area contributed by atoms with Gasteiger partial charge in [-0.2, -0.15) is 0 Å². The molecule has 1 aliphatic heterocycles. The Kier molecular flexibility index (Phi) is 5.76. The molecule has 0 saturated carbocycles. The van der Waals surface area contributed by atoms with Crippen LogP contribution in [0.5, 0.6) is 0 Å². The summed E-state index contributed by atoms with van der Waals surface area (Å²) in [5.74, 6) is 0.0842. The Labute approximate surface area is 152 Å². The highest BCUT2D eigenvalue weighted by Crippen LogP contribution is 2.17. The molecular weight excluding hydrogens is 332 g/mol. The third kappa shape index (κ3) is 4.23. The van der Waals surface area contributed by atoms with E-state index < -0.39 is 0 Å². The number of thioether (sulfide) groups is 1. The zero-order valence-electron chi connectivity index (χ0n) is 14.4. The van der Waals surface area contributed by atoms with Crippen LogP contribution in [-0.4, -0.2) is 54.0 Å². The molecule has 0 atom stereocenters. The molecule has 2 amide bonds. The second-order valence-electron chi connectivity index (χ2n) is 6.03. The van der Waals surface area contributed by atoms with Gasteiger partial charge < -0.3 is 9.80 Å². The molecule has 5 heteroatoms. The summed E-state index contributed by atoms with van der Waals surface area (Å²) >= 11 is 1.66. The van der Waals surface area contributed by atoms with E-state index in [4.69, 9.17) is 0 Å². The van der Waals surface area contributed by atoms with Gasteiger partial charge in [-0.25, -0.2) is 0 Å².